The highest BCUT2D eigenvalue weighted by Gasteiger charge is 2.29. The molecule has 0 radical (unpaired) electrons. The molecule has 49 heavy (non-hydrogen) atoms. The smallest absolute Gasteiger partial charge is 0.378 e. The minimum Gasteiger partial charge on any atom is -0.378 e. The van der Waals surface area contributed by atoms with Crippen LogP contribution >= 0.6 is 19.8 Å². The molecular formula is C33H39F3N9O2PS. The lowest BCUT2D eigenvalue weighted by molar-refractivity contribution is -0.126. The Kier molecular flexibility index (Phi) is 11.4. The van der Waals surface area contributed by atoms with Gasteiger partial charge in [-0.1, -0.05) is 6.07 Å². The molecule has 1 saturated heterocycles. The van der Waals surface area contributed by atoms with Crippen LogP contribution in [0, 0.1) is 18.3 Å². The first kappa shape index (κ1) is 36.0. The highest BCUT2D eigenvalue weighted by molar-refractivity contribution is 7.22. The molecule has 260 valence electrons. The van der Waals surface area contributed by atoms with Crippen molar-refractivity contribution in [2.45, 2.75) is 64.5 Å². The fourth-order valence-corrected chi connectivity index (χ4v) is 7.45. The molecule has 1 atom stereocenters. The van der Waals surface area contributed by atoms with Gasteiger partial charge in [-0.05, 0) is 56.0 Å². The maximum Gasteiger partial charge on any atom is 0.393 e. The first-order valence-electron chi connectivity index (χ1n) is 15.9. The second-order valence-corrected chi connectivity index (χ2v) is 13.8. The van der Waals surface area contributed by atoms with E-state index in [2.05, 4.69) is 67.0 Å². The lowest BCUT2D eigenvalue weighted by Crippen LogP contribution is -2.44. The minimum absolute atomic E-state index is 0.0363. The molecule has 0 aliphatic carbocycles. The largest absolute Gasteiger partial charge is 0.393 e. The number of likely N-dealkylation sites (tertiary alicyclic amines) is 1. The third kappa shape index (κ3) is 8.68. The van der Waals surface area contributed by atoms with E-state index >= 15 is 0 Å². The molecule has 0 bridgehead atoms. The first-order valence-corrected chi connectivity index (χ1v) is 18.0. The number of nitrogens with zero attached hydrogens (tertiary/aromatic N) is 6. The number of fused-ring (bicyclic) bond motifs is 2. The molecule has 1 amide bonds. The van der Waals surface area contributed by atoms with Gasteiger partial charge in [-0.15, -0.1) is 11.3 Å². The molecule has 1 aromatic carbocycles. The molecule has 16 heteroatoms. The second-order valence-electron chi connectivity index (χ2n) is 12.3. The zero-order valence-corrected chi connectivity index (χ0v) is 29.3. The standard InChI is InChI=1S/C32H36F3N9OS.CH3OP/c1-19(43-10-7-38-27(17-43)29(37)45)15-44-23(14-36)11-25-20(2)21(3-4-28(25)44)16-42-8-5-22(6-9-42)41-30-26-12-24(13-32(33,34)35)46-31(26)40-18-39-30;1-3-2/h3-4,11-12,17-19,22,38H,5-10,13,15-16H2,1-2H3,(H2,37,45)(H,39,40,41);1H3/t19-;/m0./s1. The van der Waals surface area contributed by atoms with Crippen molar-refractivity contribution >= 4 is 52.6 Å². The van der Waals surface area contributed by atoms with Gasteiger partial charge in [0.05, 0.1) is 11.8 Å². The summed E-state index contributed by atoms with van der Waals surface area (Å²) in [7, 11) is 0.167. The highest BCUT2D eigenvalue weighted by Crippen LogP contribution is 2.33. The van der Waals surface area contributed by atoms with Gasteiger partial charge in [0, 0.05) is 80.0 Å². The number of piperidine rings is 1. The monoisotopic (exact) mass is 713 g/mol. The number of carbonyl (C=O) groups excluding carboxylic acids is 1. The Labute approximate surface area is 288 Å². The fourth-order valence-electron chi connectivity index (χ4n) is 6.42. The Morgan fingerprint density at radius 3 is 2.63 bits per heavy atom. The Morgan fingerprint density at radius 1 is 1.22 bits per heavy atom. The van der Waals surface area contributed by atoms with Gasteiger partial charge >= 0.3 is 6.18 Å². The topological polar surface area (TPSA) is 145 Å². The number of thiophene rings is 1. The van der Waals surface area contributed by atoms with Crippen LogP contribution in [-0.2, 0) is 28.9 Å². The van der Waals surface area contributed by atoms with Crippen LogP contribution in [0.2, 0.25) is 0 Å². The Bertz CT molecular complexity index is 1890. The van der Waals surface area contributed by atoms with Crippen LogP contribution in [0.15, 0.2) is 42.5 Å². The molecule has 4 aromatic rings. The molecule has 2 aliphatic heterocycles. The summed E-state index contributed by atoms with van der Waals surface area (Å²) in [5.41, 5.74) is 9.82. The number of anilines is 1. The predicted octanol–water partition coefficient (Wildman–Crippen LogP) is 5.54. The normalized spacial score (nSPS) is 16.5. The van der Waals surface area contributed by atoms with Gasteiger partial charge in [0.1, 0.15) is 34.4 Å². The number of nitriles is 1. The number of aromatic nitrogens is 3. The van der Waals surface area contributed by atoms with Crippen LogP contribution in [-0.4, -0.2) is 81.3 Å². The number of carbonyl (C=O) groups is 1. The minimum atomic E-state index is -4.26. The summed E-state index contributed by atoms with van der Waals surface area (Å²) in [5.74, 6) is 0.0967. The SMILES string of the molecule is CP=O.Cc1c(CN2CCC(Nc3ncnc4sc(CC(F)(F)F)cc34)CC2)ccc2c1cc(C#N)n2C[C@H](C)N1C=C(C(N)=O)NCC1. The van der Waals surface area contributed by atoms with E-state index in [1.54, 1.807) is 18.9 Å². The summed E-state index contributed by atoms with van der Waals surface area (Å²) in [5, 5.41) is 18.2. The number of hydrogen-bond acceptors (Lipinski definition) is 10. The van der Waals surface area contributed by atoms with Gasteiger partial charge in [-0.25, -0.2) is 9.97 Å². The number of hydrogen-bond donors (Lipinski definition) is 3. The van der Waals surface area contributed by atoms with E-state index in [1.165, 1.54) is 11.9 Å². The number of nitrogens with two attached hydrogens (primary N) is 1. The lowest BCUT2D eigenvalue weighted by atomic mass is 10.0. The van der Waals surface area contributed by atoms with Crippen molar-refractivity contribution in [3.05, 3.63) is 64.2 Å². The number of rotatable bonds is 9. The van der Waals surface area contributed by atoms with Gasteiger partial charge in [-0.2, -0.15) is 18.4 Å². The molecule has 5 heterocycles. The maximum absolute atomic E-state index is 12.9. The first-order chi connectivity index (χ1) is 23.4. The predicted molar refractivity (Wildman–Crippen MR) is 185 cm³/mol. The quantitative estimate of drug-likeness (QED) is 0.191. The number of alkyl halides is 3. The number of halogens is 3. The fraction of sp³-hybridized carbons (Fsp3) is 0.455. The number of nitrogens with one attached hydrogen (secondary N) is 2. The van der Waals surface area contributed by atoms with Gasteiger partial charge in [0.15, 0.2) is 8.46 Å². The number of primary amides is 1. The molecule has 6 rings (SSSR count). The number of amides is 1. The lowest BCUT2D eigenvalue weighted by Gasteiger charge is -2.33. The molecule has 3 aromatic heterocycles. The molecule has 1 fully saturated rings. The van der Waals surface area contributed by atoms with Crippen LogP contribution in [0.5, 0.6) is 0 Å². The van der Waals surface area contributed by atoms with E-state index in [9.17, 15) is 23.2 Å². The van der Waals surface area contributed by atoms with E-state index in [4.69, 9.17) is 10.3 Å². The van der Waals surface area contributed by atoms with E-state index < -0.39 is 18.5 Å². The molecule has 4 N–H and O–H groups in total. The van der Waals surface area contributed by atoms with E-state index in [1.807, 2.05) is 6.07 Å². The van der Waals surface area contributed by atoms with Crippen molar-refractivity contribution in [2.75, 3.05) is 38.2 Å². The van der Waals surface area contributed by atoms with Crippen molar-refractivity contribution in [1.29, 1.82) is 5.26 Å². The maximum atomic E-state index is 12.9. The molecule has 0 spiro atoms. The van der Waals surface area contributed by atoms with Crippen molar-refractivity contribution in [3.8, 4) is 6.07 Å². The molecule has 0 unspecified atom stereocenters. The van der Waals surface area contributed by atoms with E-state index in [-0.39, 0.29) is 25.4 Å². The summed E-state index contributed by atoms with van der Waals surface area (Å²) in [6.45, 7) is 10.2. The highest BCUT2D eigenvalue weighted by atomic mass is 32.1. The third-order valence-corrected chi connectivity index (χ3v) is 9.96. The van der Waals surface area contributed by atoms with Gasteiger partial charge in [0.2, 0.25) is 0 Å². The van der Waals surface area contributed by atoms with E-state index in [0.29, 0.717) is 40.5 Å². The zero-order valence-electron chi connectivity index (χ0n) is 27.5. The second kappa shape index (κ2) is 15.5. The number of aryl methyl sites for hydroxylation is 1. The van der Waals surface area contributed by atoms with Gasteiger partial charge < -0.3 is 25.8 Å². The summed E-state index contributed by atoms with van der Waals surface area (Å²) in [6.07, 6.45) is -0.318. The molecule has 0 saturated carbocycles. The van der Waals surface area contributed by atoms with Crippen LogP contribution in [0.1, 0.15) is 41.5 Å². The Balaban J connectivity index is 0.00000151. The van der Waals surface area contributed by atoms with E-state index in [0.717, 1.165) is 66.8 Å². The van der Waals surface area contributed by atoms with Crippen molar-refractivity contribution < 1.29 is 22.5 Å². The summed E-state index contributed by atoms with van der Waals surface area (Å²) >= 11 is 1.06. The van der Waals surface area contributed by atoms with Crippen LogP contribution < -0.4 is 16.4 Å². The summed E-state index contributed by atoms with van der Waals surface area (Å²) in [4.78, 5) is 25.5. The molecular weight excluding hydrogens is 674 g/mol. The summed E-state index contributed by atoms with van der Waals surface area (Å²) < 4.78 is 49.8. The summed E-state index contributed by atoms with van der Waals surface area (Å²) in [6, 6.07) is 10.3. The van der Waals surface area contributed by atoms with Crippen molar-refractivity contribution in [1.82, 2.24) is 29.7 Å². The average Bonchev–Trinajstić information content (AvgIpc) is 3.64. The van der Waals surface area contributed by atoms with Gasteiger partial charge in [-0.3, -0.25) is 14.3 Å². The van der Waals surface area contributed by atoms with Crippen LogP contribution in [0.4, 0.5) is 19.0 Å². The Hall–Kier alpha value is -4.25. The Morgan fingerprint density at radius 2 is 1.96 bits per heavy atom. The zero-order chi connectivity index (χ0) is 35.3. The molecule has 2 aliphatic rings. The molecule has 11 nitrogen and oxygen atoms in total. The van der Waals surface area contributed by atoms with Gasteiger partial charge in [0.25, 0.3) is 5.91 Å². The van der Waals surface area contributed by atoms with Crippen molar-refractivity contribution in [2.24, 2.45) is 5.73 Å². The number of benzene rings is 1. The van der Waals surface area contributed by atoms with Crippen LogP contribution in [0.25, 0.3) is 21.1 Å². The third-order valence-electron chi connectivity index (χ3n) is 8.92. The van der Waals surface area contributed by atoms with Crippen molar-refractivity contribution in [3.63, 3.8) is 0 Å². The van der Waals surface area contributed by atoms with Crippen LogP contribution in [0.3, 0.4) is 0 Å². The average molecular weight is 714 g/mol.